The summed E-state index contributed by atoms with van der Waals surface area (Å²) in [6, 6.07) is 0. The zero-order valence-electron chi connectivity index (χ0n) is 10.4. The lowest BCUT2D eigenvalue weighted by molar-refractivity contribution is -0.128. The molecule has 94 valence electrons. The highest BCUT2D eigenvalue weighted by Crippen LogP contribution is 2.17. The molecule has 0 spiro atoms. The molecule has 0 radical (unpaired) electrons. The second-order valence-electron chi connectivity index (χ2n) is 4.68. The van der Waals surface area contributed by atoms with Gasteiger partial charge in [-0.05, 0) is 32.2 Å². The van der Waals surface area contributed by atoms with E-state index in [4.69, 9.17) is 0 Å². The first-order valence-corrected chi connectivity index (χ1v) is 6.31. The Kier molecular flexibility index (Phi) is 5.22. The van der Waals surface area contributed by atoms with Crippen molar-refractivity contribution in [2.45, 2.75) is 45.1 Å². The van der Waals surface area contributed by atoms with Crippen LogP contribution < -0.4 is 10.6 Å². The Morgan fingerprint density at radius 1 is 1.50 bits per heavy atom. The number of amides is 1. The van der Waals surface area contributed by atoms with E-state index in [9.17, 15) is 9.90 Å². The Bertz CT molecular complexity index is 213. The Labute approximate surface area is 97.8 Å². The first-order chi connectivity index (χ1) is 7.67. The van der Waals surface area contributed by atoms with Crippen LogP contribution in [0.15, 0.2) is 0 Å². The summed E-state index contributed by atoms with van der Waals surface area (Å²) in [4.78, 5) is 12.0. The number of aliphatic hydroxyl groups excluding tert-OH is 1. The lowest BCUT2D eigenvalue weighted by atomic mass is 9.91. The Morgan fingerprint density at radius 2 is 2.19 bits per heavy atom. The smallest absolute Gasteiger partial charge is 0.224 e. The fourth-order valence-electron chi connectivity index (χ4n) is 2.13. The van der Waals surface area contributed by atoms with Gasteiger partial charge in [-0.2, -0.15) is 0 Å². The summed E-state index contributed by atoms with van der Waals surface area (Å²) in [6.45, 7) is 5.79. The first kappa shape index (κ1) is 13.5. The highest BCUT2D eigenvalue weighted by atomic mass is 16.3. The van der Waals surface area contributed by atoms with Crippen molar-refractivity contribution in [3.63, 3.8) is 0 Å². The van der Waals surface area contributed by atoms with Crippen LogP contribution in [-0.2, 0) is 4.79 Å². The van der Waals surface area contributed by atoms with E-state index < -0.39 is 5.54 Å². The molecule has 0 aromatic carbocycles. The summed E-state index contributed by atoms with van der Waals surface area (Å²) in [5.41, 5.74) is -0.422. The number of carbonyl (C=O) groups excluding carboxylic acids is 1. The summed E-state index contributed by atoms with van der Waals surface area (Å²) >= 11 is 0. The largest absolute Gasteiger partial charge is 0.394 e. The van der Waals surface area contributed by atoms with Gasteiger partial charge in [0.15, 0.2) is 0 Å². The second-order valence-corrected chi connectivity index (χ2v) is 4.68. The predicted molar refractivity (Wildman–Crippen MR) is 64.1 cm³/mol. The molecule has 0 saturated carbocycles. The maximum Gasteiger partial charge on any atom is 0.224 e. The highest BCUT2D eigenvalue weighted by molar-refractivity contribution is 5.79. The number of piperidine rings is 1. The minimum atomic E-state index is -0.422. The molecule has 0 aromatic heterocycles. The van der Waals surface area contributed by atoms with Crippen molar-refractivity contribution in [3.8, 4) is 0 Å². The molecule has 16 heavy (non-hydrogen) atoms. The van der Waals surface area contributed by atoms with E-state index in [-0.39, 0.29) is 18.4 Å². The third-order valence-corrected chi connectivity index (χ3v) is 3.71. The molecule has 0 bridgehead atoms. The molecule has 4 heteroatoms. The number of aliphatic hydroxyl groups is 1. The third kappa shape index (κ3) is 3.19. The normalized spacial score (nSPS) is 21.8. The van der Waals surface area contributed by atoms with E-state index in [1.165, 1.54) is 0 Å². The van der Waals surface area contributed by atoms with Crippen LogP contribution >= 0.6 is 0 Å². The van der Waals surface area contributed by atoms with E-state index in [2.05, 4.69) is 10.6 Å². The summed E-state index contributed by atoms with van der Waals surface area (Å²) in [7, 11) is 0. The molecule has 1 fully saturated rings. The molecule has 1 aliphatic heterocycles. The maximum atomic E-state index is 12.0. The van der Waals surface area contributed by atoms with Crippen molar-refractivity contribution in [1.82, 2.24) is 10.6 Å². The number of carbonyl (C=O) groups is 1. The molecule has 1 aliphatic rings. The molecule has 1 heterocycles. The van der Waals surface area contributed by atoms with E-state index in [0.717, 1.165) is 38.8 Å². The molecule has 1 atom stereocenters. The van der Waals surface area contributed by atoms with Crippen LogP contribution in [0.3, 0.4) is 0 Å². The van der Waals surface area contributed by atoms with E-state index in [1.54, 1.807) is 0 Å². The van der Waals surface area contributed by atoms with Gasteiger partial charge in [-0.15, -0.1) is 0 Å². The summed E-state index contributed by atoms with van der Waals surface area (Å²) in [6.07, 6.45) is 3.55. The van der Waals surface area contributed by atoms with Crippen LogP contribution in [0.2, 0.25) is 0 Å². The van der Waals surface area contributed by atoms with Gasteiger partial charge in [0, 0.05) is 6.54 Å². The molecule has 0 aromatic rings. The lowest BCUT2D eigenvalue weighted by Crippen LogP contribution is -2.54. The maximum absolute atomic E-state index is 12.0. The second kappa shape index (κ2) is 6.21. The van der Waals surface area contributed by atoms with Gasteiger partial charge in [0.2, 0.25) is 5.91 Å². The lowest BCUT2D eigenvalue weighted by Gasteiger charge is -2.33. The van der Waals surface area contributed by atoms with Crippen LogP contribution in [0.5, 0.6) is 0 Å². The van der Waals surface area contributed by atoms with Crippen molar-refractivity contribution in [3.05, 3.63) is 0 Å². The van der Waals surface area contributed by atoms with Crippen molar-refractivity contribution in [2.75, 3.05) is 19.7 Å². The fourth-order valence-corrected chi connectivity index (χ4v) is 2.13. The van der Waals surface area contributed by atoms with Crippen molar-refractivity contribution < 1.29 is 9.90 Å². The van der Waals surface area contributed by atoms with Crippen molar-refractivity contribution in [2.24, 2.45) is 5.92 Å². The summed E-state index contributed by atoms with van der Waals surface area (Å²) < 4.78 is 0. The highest BCUT2D eigenvalue weighted by Gasteiger charge is 2.30. The molecule has 0 unspecified atom stereocenters. The van der Waals surface area contributed by atoms with Crippen LogP contribution in [0.25, 0.3) is 0 Å². The SMILES string of the molecule is CCC(CC)(CO)NC(=O)[C@H]1CCCNC1. The zero-order valence-corrected chi connectivity index (χ0v) is 10.4. The topological polar surface area (TPSA) is 61.4 Å². The first-order valence-electron chi connectivity index (χ1n) is 6.31. The van der Waals surface area contributed by atoms with Crippen LogP contribution in [-0.4, -0.2) is 36.2 Å². The minimum absolute atomic E-state index is 0.0197. The molecule has 1 amide bonds. The van der Waals surface area contributed by atoms with E-state index in [0.29, 0.717) is 0 Å². The van der Waals surface area contributed by atoms with Gasteiger partial charge in [-0.3, -0.25) is 4.79 Å². The number of rotatable bonds is 5. The number of hydrogen-bond acceptors (Lipinski definition) is 3. The van der Waals surface area contributed by atoms with Crippen molar-refractivity contribution >= 4 is 5.91 Å². The zero-order chi connectivity index (χ0) is 12.0. The molecule has 4 nitrogen and oxygen atoms in total. The van der Waals surface area contributed by atoms with Crippen LogP contribution in [0.4, 0.5) is 0 Å². The quantitative estimate of drug-likeness (QED) is 0.647. The summed E-state index contributed by atoms with van der Waals surface area (Å²) in [5, 5.41) is 15.6. The van der Waals surface area contributed by atoms with Gasteiger partial charge in [0.25, 0.3) is 0 Å². The molecule has 0 aliphatic carbocycles. The molecule has 1 rings (SSSR count). The average molecular weight is 228 g/mol. The van der Waals surface area contributed by atoms with E-state index >= 15 is 0 Å². The van der Waals surface area contributed by atoms with Gasteiger partial charge in [0.1, 0.15) is 0 Å². The van der Waals surface area contributed by atoms with Gasteiger partial charge in [0.05, 0.1) is 18.1 Å². The minimum Gasteiger partial charge on any atom is -0.394 e. The standard InChI is InChI=1S/C12H24N2O2/c1-3-12(4-2,9-15)14-11(16)10-6-5-7-13-8-10/h10,13,15H,3-9H2,1-2H3,(H,14,16)/t10-/m0/s1. The van der Waals surface area contributed by atoms with Crippen LogP contribution in [0.1, 0.15) is 39.5 Å². The molecular weight excluding hydrogens is 204 g/mol. The van der Waals surface area contributed by atoms with Gasteiger partial charge >= 0.3 is 0 Å². The Balaban J connectivity index is 2.53. The predicted octanol–water partition coefficient (Wildman–Crippen LogP) is 0.653. The molecule has 3 N–H and O–H groups in total. The number of nitrogens with one attached hydrogen (secondary N) is 2. The summed E-state index contributed by atoms with van der Waals surface area (Å²) in [5.74, 6) is 0.155. The van der Waals surface area contributed by atoms with Gasteiger partial charge in [-0.1, -0.05) is 13.8 Å². The Hall–Kier alpha value is -0.610. The van der Waals surface area contributed by atoms with Gasteiger partial charge < -0.3 is 15.7 Å². The monoisotopic (exact) mass is 228 g/mol. The molecular formula is C12H24N2O2. The average Bonchev–Trinajstić information content (AvgIpc) is 2.37. The Morgan fingerprint density at radius 3 is 2.62 bits per heavy atom. The molecule has 1 saturated heterocycles. The fraction of sp³-hybridized carbons (Fsp3) is 0.917. The van der Waals surface area contributed by atoms with Crippen LogP contribution in [0, 0.1) is 5.92 Å². The van der Waals surface area contributed by atoms with E-state index in [1.807, 2.05) is 13.8 Å². The van der Waals surface area contributed by atoms with Gasteiger partial charge in [-0.25, -0.2) is 0 Å². The van der Waals surface area contributed by atoms with Crippen molar-refractivity contribution in [1.29, 1.82) is 0 Å². The third-order valence-electron chi connectivity index (χ3n) is 3.71. The number of hydrogen-bond donors (Lipinski definition) is 3.